The number of nitrogens with one attached hydrogen (secondary N) is 2. The van der Waals surface area contributed by atoms with Crippen LogP contribution in [0.15, 0.2) is 52.2 Å². The molecule has 0 saturated heterocycles. The molecule has 8 heteroatoms. The highest BCUT2D eigenvalue weighted by molar-refractivity contribution is 7.89. The second-order valence-electron chi connectivity index (χ2n) is 7.74. The van der Waals surface area contributed by atoms with Crippen molar-refractivity contribution in [1.29, 1.82) is 0 Å². The molecule has 1 aliphatic rings. The fourth-order valence-electron chi connectivity index (χ4n) is 3.89. The van der Waals surface area contributed by atoms with Gasteiger partial charge in [-0.3, -0.25) is 4.79 Å². The number of aryl methyl sites for hydroxylation is 1. The van der Waals surface area contributed by atoms with Gasteiger partial charge >= 0.3 is 0 Å². The van der Waals surface area contributed by atoms with Crippen molar-refractivity contribution in [3.63, 3.8) is 0 Å². The van der Waals surface area contributed by atoms with Gasteiger partial charge in [-0.2, -0.15) is 5.10 Å². The van der Waals surface area contributed by atoms with Crippen molar-refractivity contribution in [2.45, 2.75) is 44.0 Å². The summed E-state index contributed by atoms with van der Waals surface area (Å²) >= 11 is 0. The number of aromatic amines is 1. The number of H-pyrrole nitrogens is 1. The van der Waals surface area contributed by atoms with Gasteiger partial charge in [0.25, 0.3) is 5.56 Å². The Morgan fingerprint density at radius 1 is 1.06 bits per heavy atom. The maximum absolute atomic E-state index is 13.1. The van der Waals surface area contributed by atoms with E-state index in [1.165, 1.54) is 7.11 Å². The molecule has 31 heavy (non-hydrogen) atoms. The van der Waals surface area contributed by atoms with E-state index in [-0.39, 0.29) is 22.7 Å². The quantitative estimate of drug-likeness (QED) is 0.615. The van der Waals surface area contributed by atoms with E-state index < -0.39 is 10.0 Å². The van der Waals surface area contributed by atoms with E-state index in [0.29, 0.717) is 17.7 Å². The molecule has 0 aliphatic heterocycles. The van der Waals surface area contributed by atoms with Crippen molar-refractivity contribution in [1.82, 2.24) is 14.9 Å². The summed E-state index contributed by atoms with van der Waals surface area (Å²) in [6, 6.07) is 12.6. The molecule has 7 nitrogen and oxygen atoms in total. The lowest BCUT2D eigenvalue weighted by Crippen LogP contribution is -2.24. The Morgan fingerprint density at radius 3 is 2.48 bits per heavy atom. The largest absolute Gasteiger partial charge is 0.495 e. The van der Waals surface area contributed by atoms with E-state index in [0.717, 1.165) is 41.5 Å². The first-order chi connectivity index (χ1) is 14.9. The summed E-state index contributed by atoms with van der Waals surface area (Å²) in [5, 5.41) is 6.81. The Bertz CT molecular complexity index is 1260. The Hall–Kier alpha value is -2.97. The van der Waals surface area contributed by atoms with Crippen LogP contribution in [0.3, 0.4) is 0 Å². The average Bonchev–Trinajstić information content (AvgIpc) is 2.79. The first kappa shape index (κ1) is 21.3. The summed E-state index contributed by atoms with van der Waals surface area (Å²) < 4.78 is 34.2. The van der Waals surface area contributed by atoms with Crippen LogP contribution in [0.1, 0.15) is 35.1 Å². The Morgan fingerprint density at radius 2 is 1.77 bits per heavy atom. The maximum Gasteiger partial charge on any atom is 0.267 e. The van der Waals surface area contributed by atoms with Crippen molar-refractivity contribution in [2.75, 3.05) is 7.11 Å². The van der Waals surface area contributed by atoms with Gasteiger partial charge in [0.05, 0.1) is 12.8 Å². The van der Waals surface area contributed by atoms with E-state index in [2.05, 4.69) is 14.9 Å². The number of sulfonamides is 1. The van der Waals surface area contributed by atoms with Gasteiger partial charge in [0.2, 0.25) is 10.0 Å². The minimum atomic E-state index is -3.85. The average molecular weight is 440 g/mol. The van der Waals surface area contributed by atoms with E-state index in [9.17, 15) is 13.2 Å². The molecule has 0 saturated carbocycles. The molecule has 0 bridgehead atoms. The van der Waals surface area contributed by atoms with Crippen molar-refractivity contribution in [2.24, 2.45) is 0 Å². The molecular formula is C23H25N3O4S. The van der Waals surface area contributed by atoms with Gasteiger partial charge in [-0.25, -0.2) is 18.2 Å². The molecule has 1 heterocycles. The van der Waals surface area contributed by atoms with E-state index in [4.69, 9.17) is 4.74 Å². The molecule has 0 spiro atoms. The Kier molecular flexibility index (Phi) is 5.93. The lowest BCUT2D eigenvalue weighted by Gasteiger charge is -2.18. The predicted molar refractivity (Wildman–Crippen MR) is 119 cm³/mol. The van der Waals surface area contributed by atoms with Crippen molar-refractivity contribution < 1.29 is 13.2 Å². The fourth-order valence-corrected chi connectivity index (χ4v) is 5.10. The van der Waals surface area contributed by atoms with Crippen LogP contribution in [0.25, 0.3) is 11.3 Å². The summed E-state index contributed by atoms with van der Waals surface area (Å²) in [5.74, 6) is 0.249. The molecule has 0 amide bonds. The zero-order chi connectivity index (χ0) is 22.0. The summed E-state index contributed by atoms with van der Waals surface area (Å²) in [4.78, 5) is 12.2. The van der Waals surface area contributed by atoms with Crippen LogP contribution in [-0.2, 0) is 29.4 Å². The third-order valence-corrected chi connectivity index (χ3v) is 7.03. The van der Waals surface area contributed by atoms with Gasteiger partial charge in [0.1, 0.15) is 10.6 Å². The molecule has 0 radical (unpaired) electrons. The fraction of sp³-hybridized carbons (Fsp3) is 0.304. The van der Waals surface area contributed by atoms with Crippen LogP contribution in [0.4, 0.5) is 0 Å². The number of benzene rings is 2. The van der Waals surface area contributed by atoms with Crippen LogP contribution >= 0.6 is 0 Å². The molecule has 2 N–H and O–H groups in total. The number of hydrogen-bond acceptors (Lipinski definition) is 5. The zero-order valence-electron chi connectivity index (χ0n) is 17.6. The molecule has 1 aliphatic carbocycles. The molecule has 0 unspecified atom stereocenters. The molecule has 3 aromatic rings. The minimum absolute atomic E-state index is 0.0390. The third kappa shape index (κ3) is 4.40. The number of ether oxygens (including phenoxy) is 1. The predicted octanol–water partition coefficient (Wildman–Crippen LogP) is 3.11. The first-order valence-corrected chi connectivity index (χ1v) is 11.7. The van der Waals surface area contributed by atoms with E-state index >= 15 is 0 Å². The smallest absolute Gasteiger partial charge is 0.267 e. The van der Waals surface area contributed by atoms with Crippen LogP contribution < -0.4 is 15.0 Å². The summed E-state index contributed by atoms with van der Waals surface area (Å²) in [6.45, 7) is 2.15. The summed E-state index contributed by atoms with van der Waals surface area (Å²) in [5.41, 5.74) is 4.70. The number of fused-ring (bicyclic) bond motifs is 1. The number of methoxy groups -OCH3 is 1. The van der Waals surface area contributed by atoms with Crippen LogP contribution in [0, 0.1) is 6.92 Å². The normalized spacial score (nSPS) is 13.6. The molecule has 4 rings (SSSR count). The van der Waals surface area contributed by atoms with E-state index in [1.807, 2.05) is 31.2 Å². The SMILES string of the molecule is COc1ccc(-c2n[nH]c(=O)c3c2CCCC3)cc1S(=O)(=O)NCc1ccc(C)cc1. The second-order valence-corrected chi connectivity index (χ2v) is 9.48. The standard InChI is InChI=1S/C23H25N3O4S/c1-15-7-9-16(10-8-15)14-24-31(28,29)21-13-17(11-12-20(21)30-2)22-18-5-3-4-6-19(18)23(27)26-25-22/h7-13,24H,3-6,14H2,1-2H3,(H,26,27). The van der Waals surface area contributed by atoms with Crippen LogP contribution in [0.2, 0.25) is 0 Å². The first-order valence-electron chi connectivity index (χ1n) is 10.2. The van der Waals surface area contributed by atoms with Gasteiger partial charge in [0.15, 0.2) is 0 Å². The number of hydrogen-bond donors (Lipinski definition) is 2. The number of rotatable bonds is 6. The second kappa shape index (κ2) is 8.64. The highest BCUT2D eigenvalue weighted by Gasteiger charge is 2.23. The molecule has 162 valence electrons. The van der Waals surface area contributed by atoms with E-state index in [1.54, 1.807) is 18.2 Å². The number of nitrogens with zero attached hydrogens (tertiary/aromatic N) is 1. The summed E-state index contributed by atoms with van der Waals surface area (Å²) in [7, 11) is -2.41. The van der Waals surface area contributed by atoms with Crippen molar-refractivity contribution in [3.05, 3.63) is 75.1 Å². The lowest BCUT2D eigenvalue weighted by molar-refractivity contribution is 0.402. The molecule has 2 aromatic carbocycles. The van der Waals surface area contributed by atoms with Gasteiger partial charge in [-0.05, 0) is 61.9 Å². The molecule has 1 aromatic heterocycles. The Balaban J connectivity index is 1.71. The Labute approximate surface area is 181 Å². The molecule has 0 atom stereocenters. The lowest BCUT2D eigenvalue weighted by atomic mass is 9.90. The van der Waals surface area contributed by atoms with Gasteiger partial charge in [-0.1, -0.05) is 29.8 Å². The topological polar surface area (TPSA) is 101 Å². The van der Waals surface area contributed by atoms with Crippen LogP contribution in [-0.4, -0.2) is 25.7 Å². The zero-order valence-corrected chi connectivity index (χ0v) is 18.4. The van der Waals surface area contributed by atoms with Crippen molar-refractivity contribution in [3.8, 4) is 17.0 Å². The van der Waals surface area contributed by atoms with Gasteiger partial charge < -0.3 is 4.74 Å². The van der Waals surface area contributed by atoms with Gasteiger partial charge in [0, 0.05) is 17.7 Å². The van der Waals surface area contributed by atoms with Crippen molar-refractivity contribution >= 4 is 10.0 Å². The summed E-state index contributed by atoms with van der Waals surface area (Å²) in [6.07, 6.45) is 3.40. The molecular weight excluding hydrogens is 414 g/mol. The third-order valence-electron chi connectivity index (χ3n) is 5.61. The van der Waals surface area contributed by atoms with Gasteiger partial charge in [-0.15, -0.1) is 0 Å². The highest BCUT2D eigenvalue weighted by atomic mass is 32.2. The highest BCUT2D eigenvalue weighted by Crippen LogP contribution is 2.32. The number of aromatic nitrogens is 2. The van der Waals surface area contributed by atoms with Crippen LogP contribution in [0.5, 0.6) is 5.75 Å². The maximum atomic E-state index is 13.1. The molecule has 0 fully saturated rings. The monoisotopic (exact) mass is 439 g/mol. The minimum Gasteiger partial charge on any atom is -0.495 e.